The number of rotatable bonds is 6. The lowest BCUT2D eigenvalue weighted by molar-refractivity contribution is 0.0949. The first-order chi connectivity index (χ1) is 14.4. The first kappa shape index (κ1) is 21.0. The van der Waals surface area contributed by atoms with E-state index in [9.17, 15) is 14.0 Å². The molecule has 2 N–H and O–H groups in total. The van der Waals surface area contributed by atoms with Gasteiger partial charge in [0, 0.05) is 11.1 Å². The van der Waals surface area contributed by atoms with Gasteiger partial charge in [0.1, 0.15) is 11.5 Å². The van der Waals surface area contributed by atoms with Crippen molar-refractivity contribution in [1.29, 1.82) is 0 Å². The van der Waals surface area contributed by atoms with Crippen molar-refractivity contribution in [2.45, 2.75) is 0 Å². The molecule has 0 atom stereocenters. The number of ether oxygens (including phenoxy) is 2. The summed E-state index contributed by atoms with van der Waals surface area (Å²) in [5.74, 6) is -0.321. The van der Waals surface area contributed by atoms with Crippen molar-refractivity contribution in [3.63, 3.8) is 0 Å². The van der Waals surface area contributed by atoms with Crippen molar-refractivity contribution in [2.75, 3.05) is 14.2 Å². The Labute approximate surface area is 175 Å². The molecule has 1 amide bonds. The Hall–Kier alpha value is -3.72. The molecule has 0 aliphatic heterocycles. The van der Waals surface area contributed by atoms with Gasteiger partial charge in [-0.15, -0.1) is 0 Å². The highest BCUT2D eigenvalue weighted by atomic mass is 35.5. The van der Waals surface area contributed by atoms with Crippen LogP contribution in [-0.4, -0.2) is 36.3 Å². The van der Waals surface area contributed by atoms with E-state index in [0.29, 0.717) is 22.6 Å². The largest absolute Gasteiger partial charge is 0.493 e. The minimum absolute atomic E-state index is 0.0649. The molecule has 0 aliphatic carbocycles. The Bertz CT molecular complexity index is 1160. The molecule has 8 nitrogen and oxygen atoms in total. The van der Waals surface area contributed by atoms with E-state index >= 15 is 0 Å². The predicted molar refractivity (Wildman–Crippen MR) is 110 cm³/mol. The van der Waals surface area contributed by atoms with Gasteiger partial charge in [-0.25, -0.2) is 14.6 Å². The van der Waals surface area contributed by atoms with Gasteiger partial charge in [0.05, 0.1) is 31.2 Å². The van der Waals surface area contributed by atoms with E-state index in [-0.39, 0.29) is 16.4 Å². The second-order valence-corrected chi connectivity index (χ2v) is 6.27. The summed E-state index contributed by atoms with van der Waals surface area (Å²) in [6.45, 7) is 0. The standard InChI is InChI=1S/C20H16ClFN4O4/c1-29-16-8-5-12(17(21)18(16)30-2)10-23-26-19(27)15-9-14(24-20(28)25-15)11-3-6-13(22)7-4-11/h3-10H,1-2H3,(H,26,27)(H,24,25,28)/b23-10+. The molecule has 0 aliphatic rings. The van der Waals surface area contributed by atoms with Gasteiger partial charge in [-0.1, -0.05) is 11.6 Å². The normalized spacial score (nSPS) is 10.8. The van der Waals surface area contributed by atoms with E-state index < -0.39 is 17.4 Å². The van der Waals surface area contributed by atoms with Crippen LogP contribution in [0.1, 0.15) is 16.1 Å². The van der Waals surface area contributed by atoms with Crippen LogP contribution in [0.15, 0.2) is 52.4 Å². The van der Waals surface area contributed by atoms with Crippen molar-refractivity contribution < 1.29 is 18.7 Å². The van der Waals surface area contributed by atoms with E-state index in [4.69, 9.17) is 21.1 Å². The zero-order chi connectivity index (χ0) is 21.7. The SMILES string of the molecule is COc1ccc(/C=N/NC(=O)c2cc(-c3ccc(F)cc3)nc(=O)[nH]2)c(Cl)c1OC. The van der Waals surface area contributed by atoms with Crippen molar-refractivity contribution in [2.24, 2.45) is 5.10 Å². The van der Waals surface area contributed by atoms with Gasteiger partial charge >= 0.3 is 5.69 Å². The van der Waals surface area contributed by atoms with Crippen molar-refractivity contribution >= 4 is 23.7 Å². The van der Waals surface area contributed by atoms with Crippen molar-refractivity contribution in [3.8, 4) is 22.8 Å². The monoisotopic (exact) mass is 430 g/mol. The number of hydrazone groups is 1. The average Bonchev–Trinajstić information content (AvgIpc) is 2.74. The minimum atomic E-state index is -0.728. The number of amides is 1. The summed E-state index contributed by atoms with van der Waals surface area (Å²) in [7, 11) is 2.93. The molecule has 0 unspecified atom stereocenters. The number of halogens is 2. The van der Waals surface area contributed by atoms with Crippen LogP contribution in [0.4, 0.5) is 4.39 Å². The lowest BCUT2D eigenvalue weighted by Crippen LogP contribution is -2.24. The molecular weight excluding hydrogens is 415 g/mol. The fourth-order valence-corrected chi connectivity index (χ4v) is 2.86. The first-order valence-corrected chi connectivity index (χ1v) is 8.92. The number of nitrogens with one attached hydrogen (secondary N) is 2. The van der Waals surface area contributed by atoms with E-state index in [1.807, 2.05) is 0 Å². The summed E-state index contributed by atoms with van der Waals surface area (Å²) in [5, 5.41) is 4.11. The smallest absolute Gasteiger partial charge is 0.346 e. The van der Waals surface area contributed by atoms with Crippen LogP contribution < -0.4 is 20.6 Å². The molecule has 10 heteroatoms. The Balaban J connectivity index is 1.80. The quantitative estimate of drug-likeness (QED) is 0.462. The molecule has 3 rings (SSSR count). The van der Waals surface area contributed by atoms with E-state index in [0.717, 1.165) is 0 Å². The van der Waals surface area contributed by atoms with Crippen LogP contribution in [0.3, 0.4) is 0 Å². The highest BCUT2D eigenvalue weighted by molar-refractivity contribution is 6.34. The number of methoxy groups -OCH3 is 2. The molecule has 2 aromatic carbocycles. The number of carbonyl (C=O) groups excluding carboxylic acids is 1. The number of aromatic nitrogens is 2. The lowest BCUT2D eigenvalue weighted by atomic mass is 10.1. The Morgan fingerprint density at radius 2 is 1.93 bits per heavy atom. The second kappa shape index (κ2) is 9.19. The summed E-state index contributed by atoms with van der Waals surface area (Å²) in [6, 6.07) is 10.0. The van der Waals surface area contributed by atoms with Gasteiger partial charge in [-0.05, 0) is 42.5 Å². The number of benzene rings is 2. The molecule has 1 aromatic heterocycles. The number of nitrogens with zero attached hydrogens (tertiary/aromatic N) is 2. The van der Waals surface area contributed by atoms with Gasteiger partial charge in [0.15, 0.2) is 11.5 Å². The fraction of sp³-hybridized carbons (Fsp3) is 0.100. The number of aromatic amines is 1. The molecule has 0 saturated heterocycles. The molecule has 0 saturated carbocycles. The molecular formula is C20H16ClFN4O4. The van der Waals surface area contributed by atoms with Gasteiger partial charge in [0.25, 0.3) is 5.91 Å². The van der Waals surface area contributed by atoms with Crippen LogP contribution in [-0.2, 0) is 0 Å². The third-order valence-corrected chi connectivity index (χ3v) is 4.40. The zero-order valence-corrected chi connectivity index (χ0v) is 16.7. The van der Waals surface area contributed by atoms with E-state index in [1.165, 1.54) is 50.8 Å². The van der Waals surface area contributed by atoms with Crippen LogP contribution in [0.2, 0.25) is 5.02 Å². The Morgan fingerprint density at radius 3 is 2.60 bits per heavy atom. The number of H-pyrrole nitrogens is 1. The van der Waals surface area contributed by atoms with Gasteiger partial charge in [0.2, 0.25) is 0 Å². The summed E-state index contributed by atoms with van der Waals surface area (Å²) >= 11 is 6.25. The van der Waals surface area contributed by atoms with Crippen molar-refractivity contribution in [1.82, 2.24) is 15.4 Å². The molecule has 0 bridgehead atoms. The van der Waals surface area contributed by atoms with Gasteiger partial charge in [-0.2, -0.15) is 10.1 Å². The van der Waals surface area contributed by atoms with Crippen LogP contribution in [0, 0.1) is 5.82 Å². The molecule has 1 heterocycles. The second-order valence-electron chi connectivity index (χ2n) is 5.90. The summed E-state index contributed by atoms with van der Waals surface area (Å²) in [6.07, 6.45) is 1.32. The molecule has 0 fully saturated rings. The minimum Gasteiger partial charge on any atom is -0.493 e. The third-order valence-electron chi connectivity index (χ3n) is 4.01. The zero-order valence-electron chi connectivity index (χ0n) is 15.9. The molecule has 3 aromatic rings. The Morgan fingerprint density at radius 1 is 1.20 bits per heavy atom. The van der Waals surface area contributed by atoms with Crippen LogP contribution in [0.25, 0.3) is 11.3 Å². The topological polar surface area (TPSA) is 106 Å². The first-order valence-electron chi connectivity index (χ1n) is 8.54. The molecule has 0 radical (unpaired) electrons. The van der Waals surface area contributed by atoms with Gasteiger partial charge < -0.3 is 14.5 Å². The number of hydrogen-bond acceptors (Lipinski definition) is 6. The van der Waals surface area contributed by atoms with Gasteiger partial charge in [-0.3, -0.25) is 4.79 Å². The van der Waals surface area contributed by atoms with Crippen LogP contribution in [0.5, 0.6) is 11.5 Å². The third kappa shape index (κ3) is 4.64. The maximum atomic E-state index is 13.1. The summed E-state index contributed by atoms with van der Waals surface area (Å²) in [4.78, 5) is 30.3. The maximum absolute atomic E-state index is 13.1. The summed E-state index contributed by atoms with van der Waals surface area (Å²) < 4.78 is 23.5. The molecule has 0 spiro atoms. The Kier molecular flexibility index (Phi) is 6.43. The van der Waals surface area contributed by atoms with Crippen molar-refractivity contribution in [3.05, 3.63) is 75.0 Å². The number of hydrogen-bond donors (Lipinski definition) is 2. The fourth-order valence-electron chi connectivity index (χ4n) is 2.57. The molecule has 154 valence electrons. The summed E-state index contributed by atoms with van der Waals surface area (Å²) in [5.41, 5.74) is 2.68. The van der Waals surface area contributed by atoms with E-state index in [2.05, 4.69) is 20.5 Å². The van der Waals surface area contributed by atoms with Crippen LogP contribution >= 0.6 is 11.6 Å². The number of carbonyl (C=O) groups is 1. The highest BCUT2D eigenvalue weighted by Gasteiger charge is 2.13. The average molecular weight is 431 g/mol. The molecule has 30 heavy (non-hydrogen) atoms. The maximum Gasteiger partial charge on any atom is 0.346 e. The van der Waals surface area contributed by atoms with E-state index in [1.54, 1.807) is 12.1 Å². The predicted octanol–water partition coefficient (Wildman–Crippen LogP) is 3.01. The highest BCUT2D eigenvalue weighted by Crippen LogP contribution is 2.36. The lowest BCUT2D eigenvalue weighted by Gasteiger charge is -2.10.